The summed E-state index contributed by atoms with van der Waals surface area (Å²) in [7, 11) is 0. The molecule has 1 aromatic carbocycles. The quantitative estimate of drug-likeness (QED) is 0.683. The summed E-state index contributed by atoms with van der Waals surface area (Å²) in [6, 6.07) is 6.57. The second-order valence-electron chi connectivity index (χ2n) is 7.95. The van der Waals surface area contributed by atoms with Crippen molar-refractivity contribution in [1.82, 2.24) is 24.7 Å². The first-order chi connectivity index (χ1) is 13.9. The lowest BCUT2D eigenvalue weighted by molar-refractivity contribution is -0.131. The van der Waals surface area contributed by atoms with Crippen LogP contribution in [0.25, 0.3) is 5.65 Å². The lowest BCUT2D eigenvalue weighted by Gasteiger charge is -2.37. The van der Waals surface area contributed by atoms with E-state index in [0.717, 1.165) is 48.6 Å². The fourth-order valence-electron chi connectivity index (χ4n) is 4.29. The maximum Gasteiger partial charge on any atom is 0.223 e. The van der Waals surface area contributed by atoms with Crippen LogP contribution in [-0.4, -0.2) is 56.8 Å². The number of piperazine rings is 1. The molecule has 7 nitrogen and oxygen atoms in total. The number of nitrogens with zero attached hydrogens (tertiary/aromatic N) is 6. The van der Waals surface area contributed by atoms with Gasteiger partial charge >= 0.3 is 0 Å². The van der Waals surface area contributed by atoms with Crippen molar-refractivity contribution in [1.29, 1.82) is 0 Å². The Hall–Kier alpha value is -2.96. The van der Waals surface area contributed by atoms with Gasteiger partial charge in [-0.2, -0.15) is 5.10 Å². The number of hydrogen-bond donors (Lipinski definition) is 0. The molecule has 0 radical (unpaired) electrons. The predicted molar refractivity (Wildman–Crippen MR) is 113 cm³/mol. The number of rotatable bonds is 4. The van der Waals surface area contributed by atoms with Gasteiger partial charge < -0.3 is 9.80 Å². The van der Waals surface area contributed by atoms with Crippen LogP contribution in [0.15, 0.2) is 24.5 Å². The highest BCUT2D eigenvalue weighted by atomic mass is 16.2. The van der Waals surface area contributed by atoms with Crippen LogP contribution in [0.4, 0.5) is 5.69 Å². The Morgan fingerprint density at radius 2 is 1.83 bits per heavy atom. The highest BCUT2D eigenvalue weighted by molar-refractivity contribution is 5.77. The molecule has 1 fully saturated rings. The first-order valence-corrected chi connectivity index (χ1v) is 10.2. The van der Waals surface area contributed by atoms with Crippen LogP contribution < -0.4 is 4.90 Å². The van der Waals surface area contributed by atoms with E-state index in [9.17, 15) is 4.79 Å². The smallest absolute Gasteiger partial charge is 0.223 e. The molecule has 0 atom stereocenters. The Labute approximate surface area is 171 Å². The number of hydrogen-bond acceptors (Lipinski definition) is 5. The molecule has 0 saturated carbocycles. The molecule has 0 unspecified atom stereocenters. The summed E-state index contributed by atoms with van der Waals surface area (Å²) >= 11 is 0. The summed E-state index contributed by atoms with van der Waals surface area (Å²) in [6.45, 7) is 11.6. The van der Waals surface area contributed by atoms with Crippen molar-refractivity contribution in [3.8, 4) is 0 Å². The molecule has 29 heavy (non-hydrogen) atoms. The lowest BCUT2D eigenvalue weighted by Crippen LogP contribution is -2.49. The minimum atomic E-state index is 0.213. The summed E-state index contributed by atoms with van der Waals surface area (Å²) in [6.07, 6.45) is 2.79. The van der Waals surface area contributed by atoms with Gasteiger partial charge in [0.15, 0.2) is 5.65 Å². The van der Waals surface area contributed by atoms with Crippen molar-refractivity contribution >= 4 is 17.2 Å². The zero-order valence-electron chi connectivity index (χ0n) is 17.6. The standard InChI is InChI=1S/C22H28N6O/c1-15-5-7-20(16(2)13-15)26-9-11-27(12-10-26)21(29)8-6-19-17(3)22-24-23-14-28(22)25-18(19)4/h5,7,13-14H,6,8-12H2,1-4H3. The Morgan fingerprint density at radius 1 is 1.07 bits per heavy atom. The van der Waals surface area contributed by atoms with Crippen molar-refractivity contribution < 1.29 is 4.79 Å². The zero-order chi connectivity index (χ0) is 20.5. The molecule has 0 bridgehead atoms. The van der Waals surface area contributed by atoms with Crippen molar-refractivity contribution in [2.75, 3.05) is 31.1 Å². The van der Waals surface area contributed by atoms with Crippen molar-refractivity contribution in [2.45, 2.75) is 40.5 Å². The Bertz CT molecular complexity index is 1050. The molecule has 0 aliphatic carbocycles. The normalized spacial score (nSPS) is 14.6. The van der Waals surface area contributed by atoms with Gasteiger partial charge in [-0.05, 0) is 51.3 Å². The summed E-state index contributed by atoms with van der Waals surface area (Å²) in [5.41, 5.74) is 7.72. The molecule has 1 amide bonds. The molecule has 0 N–H and O–H groups in total. The second-order valence-corrected chi connectivity index (χ2v) is 7.95. The molecule has 4 rings (SSSR count). The first kappa shape index (κ1) is 19.4. The van der Waals surface area contributed by atoms with Gasteiger partial charge in [0.25, 0.3) is 0 Å². The van der Waals surface area contributed by atoms with Crippen molar-refractivity contribution in [3.63, 3.8) is 0 Å². The minimum Gasteiger partial charge on any atom is -0.368 e. The van der Waals surface area contributed by atoms with E-state index in [1.54, 1.807) is 10.8 Å². The van der Waals surface area contributed by atoms with Crippen LogP contribution in [0.2, 0.25) is 0 Å². The fraction of sp³-hybridized carbons (Fsp3) is 0.455. The van der Waals surface area contributed by atoms with Crippen LogP contribution >= 0.6 is 0 Å². The molecule has 0 spiro atoms. The van der Waals surface area contributed by atoms with E-state index in [0.29, 0.717) is 12.8 Å². The van der Waals surface area contributed by atoms with E-state index < -0.39 is 0 Å². The zero-order valence-corrected chi connectivity index (χ0v) is 17.6. The van der Waals surface area contributed by atoms with Crippen LogP contribution in [0.3, 0.4) is 0 Å². The average molecular weight is 393 g/mol. The number of aromatic nitrogens is 4. The van der Waals surface area contributed by atoms with E-state index in [4.69, 9.17) is 0 Å². The second kappa shape index (κ2) is 7.81. The summed E-state index contributed by atoms with van der Waals surface area (Å²) in [5, 5.41) is 12.6. The molecule has 3 aromatic rings. The Balaban J connectivity index is 1.37. The van der Waals surface area contributed by atoms with Crippen LogP contribution in [0.5, 0.6) is 0 Å². The number of carbonyl (C=O) groups excluding carboxylic acids is 1. The Morgan fingerprint density at radius 3 is 2.55 bits per heavy atom. The number of carbonyl (C=O) groups is 1. The van der Waals surface area contributed by atoms with Gasteiger partial charge in [0.05, 0.1) is 5.69 Å². The number of anilines is 1. The molecule has 152 valence electrons. The Kier molecular flexibility index (Phi) is 5.22. The maximum atomic E-state index is 12.8. The van der Waals surface area contributed by atoms with Gasteiger partial charge in [-0.3, -0.25) is 4.79 Å². The predicted octanol–water partition coefficient (Wildman–Crippen LogP) is 2.64. The molecular weight excluding hydrogens is 364 g/mol. The van der Waals surface area contributed by atoms with Crippen LogP contribution in [0.1, 0.15) is 34.4 Å². The topological polar surface area (TPSA) is 66.6 Å². The third kappa shape index (κ3) is 3.81. The number of aryl methyl sites for hydroxylation is 4. The van der Waals surface area contributed by atoms with Gasteiger partial charge in [-0.1, -0.05) is 17.7 Å². The monoisotopic (exact) mass is 392 g/mol. The molecule has 2 aromatic heterocycles. The molecule has 1 aliphatic heterocycles. The molecule has 3 heterocycles. The molecular formula is C22H28N6O. The third-order valence-corrected chi connectivity index (χ3v) is 5.93. The van der Waals surface area contributed by atoms with E-state index >= 15 is 0 Å². The number of amides is 1. The highest BCUT2D eigenvalue weighted by Crippen LogP contribution is 2.23. The molecule has 1 aliphatic rings. The van der Waals surface area contributed by atoms with Gasteiger partial charge in [-0.25, -0.2) is 4.52 Å². The largest absolute Gasteiger partial charge is 0.368 e. The van der Waals surface area contributed by atoms with E-state index in [2.05, 4.69) is 52.2 Å². The van der Waals surface area contributed by atoms with Gasteiger partial charge in [-0.15, -0.1) is 10.2 Å². The average Bonchev–Trinajstić information content (AvgIpc) is 3.16. The molecule has 7 heteroatoms. The van der Waals surface area contributed by atoms with Crippen LogP contribution in [0, 0.1) is 27.7 Å². The maximum absolute atomic E-state index is 12.8. The SMILES string of the molecule is Cc1ccc(N2CCN(C(=O)CCc3c(C)nn4cnnc4c3C)CC2)c(C)c1. The van der Waals surface area contributed by atoms with Gasteiger partial charge in [0.2, 0.25) is 5.91 Å². The summed E-state index contributed by atoms with van der Waals surface area (Å²) in [5.74, 6) is 0.213. The molecule has 1 saturated heterocycles. The van der Waals surface area contributed by atoms with Crippen molar-refractivity contribution in [3.05, 3.63) is 52.5 Å². The fourth-order valence-corrected chi connectivity index (χ4v) is 4.29. The highest BCUT2D eigenvalue weighted by Gasteiger charge is 2.22. The summed E-state index contributed by atoms with van der Waals surface area (Å²) < 4.78 is 1.70. The number of fused-ring (bicyclic) bond motifs is 1. The lowest BCUT2D eigenvalue weighted by atomic mass is 10.0. The van der Waals surface area contributed by atoms with E-state index in [1.165, 1.54) is 16.8 Å². The number of benzene rings is 1. The van der Waals surface area contributed by atoms with Crippen molar-refractivity contribution in [2.24, 2.45) is 0 Å². The minimum absolute atomic E-state index is 0.213. The summed E-state index contributed by atoms with van der Waals surface area (Å²) in [4.78, 5) is 17.2. The van der Waals surface area contributed by atoms with Crippen LogP contribution in [-0.2, 0) is 11.2 Å². The van der Waals surface area contributed by atoms with E-state index in [-0.39, 0.29) is 5.91 Å². The van der Waals surface area contributed by atoms with Gasteiger partial charge in [0.1, 0.15) is 6.33 Å². The van der Waals surface area contributed by atoms with Gasteiger partial charge in [0, 0.05) is 43.9 Å². The first-order valence-electron chi connectivity index (χ1n) is 10.2. The third-order valence-electron chi connectivity index (χ3n) is 5.93. The van der Waals surface area contributed by atoms with E-state index in [1.807, 2.05) is 18.7 Å².